The van der Waals surface area contributed by atoms with Crippen LogP contribution in [0.15, 0.2) is 24.3 Å². The number of piperidine rings is 1. The van der Waals surface area contributed by atoms with Gasteiger partial charge in [0.15, 0.2) is 0 Å². The highest BCUT2D eigenvalue weighted by Crippen LogP contribution is 2.37. The quantitative estimate of drug-likeness (QED) is 0.830. The highest BCUT2D eigenvalue weighted by molar-refractivity contribution is 5.93. The molecule has 0 spiro atoms. The van der Waals surface area contributed by atoms with Gasteiger partial charge in [-0.2, -0.15) is 0 Å². The van der Waals surface area contributed by atoms with E-state index in [0.717, 1.165) is 25.1 Å². The standard InChI is InChI=1S/C15H19NO3/c1-15(2)7-8-16-9-12(15)18-14-11-6-4-3-5-10(11)13(17)19-14/h3-6,12,14,16H,7-9H2,1-2H3. The van der Waals surface area contributed by atoms with Gasteiger partial charge in [0.2, 0.25) is 6.29 Å². The maximum absolute atomic E-state index is 11.8. The molecule has 102 valence electrons. The first-order valence-corrected chi connectivity index (χ1v) is 6.74. The van der Waals surface area contributed by atoms with Crippen LogP contribution in [0.25, 0.3) is 0 Å². The van der Waals surface area contributed by atoms with Crippen molar-refractivity contribution in [1.29, 1.82) is 0 Å². The lowest BCUT2D eigenvalue weighted by Crippen LogP contribution is -2.47. The van der Waals surface area contributed by atoms with E-state index in [1.54, 1.807) is 6.07 Å². The van der Waals surface area contributed by atoms with E-state index in [0.29, 0.717) is 5.56 Å². The third-order valence-electron chi connectivity index (χ3n) is 4.08. The molecule has 2 heterocycles. The van der Waals surface area contributed by atoms with Gasteiger partial charge in [-0.15, -0.1) is 0 Å². The monoisotopic (exact) mass is 261 g/mol. The Kier molecular flexibility index (Phi) is 3.07. The van der Waals surface area contributed by atoms with Gasteiger partial charge in [-0.3, -0.25) is 0 Å². The zero-order chi connectivity index (χ0) is 13.5. The first kappa shape index (κ1) is 12.6. The van der Waals surface area contributed by atoms with Gasteiger partial charge in [-0.25, -0.2) is 4.79 Å². The molecule has 2 aliphatic heterocycles. The maximum Gasteiger partial charge on any atom is 0.341 e. The van der Waals surface area contributed by atoms with Crippen LogP contribution in [0.4, 0.5) is 0 Å². The largest absolute Gasteiger partial charge is 0.428 e. The van der Waals surface area contributed by atoms with Crippen molar-refractivity contribution in [2.75, 3.05) is 13.1 Å². The average Bonchev–Trinajstić information content (AvgIpc) is 2.70. The molecular weight excluding hydrogens is 242 g/mol. The molecule has 4 nitrogen and oxygen atoms in total. The zero-order valence-electron chi connectivity index (χ0n) is 11.3. The zero-order valence-corrected chi connectivity index (χ0v) is 11.3. The summed E-state index contributed by atoms with van der Waals surface area (Å²) in [7, 11) is 0. The molecule has 19 heavy (non-hydrogen) atoms. The van der Waals surface area contributed by atoms with Crippen molar-refractivity contribution in [3.63, 3.8) is 0 Å². The van der Waals surface area contributed by atoms with E-state index in [4.69, 9.17) is 9.47 Å². The molecule has 3 rings (SSSR count). The summed E-state index contributed by atoms with van der Waals surface area (Å²) in [5, 5.41) is 3.33. The lowest BCUT2D eigenvalue weighted by Gasteiger charge is -2.39. The Labute approximate surface area is 113 Å². The Morgan fingerprint density at radius 3 is 2.95 bits per heavy atom. The van der Waals surface area contributed by atoms with Crippen LogP contribution >= 0.6 is 0 Å². The lowest BCUT2D eigenvalue weighted by atomic mass is 9.80. The van der Waals surface area contributed by atoms with E-state index in [1.807, 2.05) is 18.2 Å². The molecule has 2 atom stereocenters. The molecule has 2 unspecified atom stereocenters. The molecule has 1 aromatic rings. The highest BCUT2D eigenvalue weighted by Gasteiger charge is 2.39. The van der Waals surface area contributed by atoms with Crippen LogP contribution in [0.2, 0.25) is 0 Å². The molecule has 0 aromatic heterocycles. The molecule has 1 N–H and O–H groups in total. The van der Waals surface area contributed by atoms with E-state index in [9.17, 15) is 4.79 Å². The first-order valence-electron chi connectivity index (χ1n) is 6.74. The second-order valence-electron chi connectivity index (χ2n) is 5.89. The number of hydrogen-bond acceptors (Lipinski definition) is 4. The van der Waals surface area contributed by atoms with Gasteiger partial charge in [-0.05, 0) is 24.4 Å². The Morgan fingerprint density at radius 1 is 1.37 bits per heavy atom. The molecule has 4 heteroatoms. The smallest absolute Gasteiger partial charge is 0.341 e. The van der Waals surface area contributed by atoms with Gasteiger partial charge in [0.05, 0.1) is 11.7 Å². The van der Waals surface area contributed by atoms with Gasteiger partial charge < -0.3 is 14.8 Å². The van der Waals surface area contributed by atoms with Crippen LogP contribution in [-0.2, 0) is 9.47 Å². The third kappa shape index (κ3) is 2.26. The number of carbonyl (C=O) groups is 1. The SMILES string of the molecule is CC1(C)CCNCC1OC1OC(=O)c2ccccc21. The number of hydrogen-bond donors (Lipinski definition) is 1. The maximum atomic E-state index is 11.8. The summed E-state index contributed by atoms with van der Waals surface area (Å²) in [5.41, 5.74) is 1.55. The Hall–Kier alpha value is -1.39. The van der Waals surface area contributed by atoms with Crippen LogP contribution in [-0.4, -0.2) is 25.2 Å². The predicted molar refractivity (Wildman–Crippen MR) is 70.7 cm³/mol. The van der Waals surface area contributed by atoms with Crippen LogP contribution < -0.4 is 5.32 Å². The molecular formula is C15H19NO3. The second kappa shape index (κ2) is 4.62. The highest BCUT2D eigenvalue weighted by atomic mass is 16.7. The number of fused-ring (bicyclic) bond motifs is 1. The van der Waals surface area contributed by atoms with Crippen LogP contribution in [0.3, 0.4) is 0 Å². The molecule has 0 bridgehead atoms. The Morgan fingerprint density at radius 2 is 2.16 bits per heavy atom. The molecule has 2 aliphatic rings. The minimum absolute atomic E-state index is 0.0465. The fourth-order valence-electron chi connectivity index (χ4n) is 2.68. The number of cyclic esters (lactones) is 1. The minimum Gasteiger partial charge on any atom is -0.428 e. The van der Waals surface area contributed by atoms with Gasteiger partial charge in [-0.1, -0.05) is 32.0 Å². The molecule has 1 saturated heterocycles. The van der Waals surface area contributed by atoms with Crippen molar-refractivity contribution in [2.45, 2.75) is 32.7 Å². The second-order valence-corrected chi connectivity index (χ2v) is 5.89. The van der Waals surface area contributed by atoms with Crippen molar-refractivity contribution < 1.29 is 14.3 Å². The Bertz CT molecular complexity index is 498. The van der Waals surface area contributed by atoms with Gasteiger partial charge in [0.25, 0.3) is 0 Å². The van der Waals surface area contributed by atoms with Crippen LogP contribution in [0.1, 0.15) is 42.5 Å². The van der Waals surface area contributed by atoms with Crippen molar-refractivity contribution in [3.8, 4) is 0 Å². The summed E-state index contributed by atoms with van der Waals surface area (Å²) >= 11 is 0. The Balaban J connectivity index is 1.80. The summed E-state index contributed by atoms with van der Waals surface area (Å²) in [6, 6.07) is 7.43. The van der Waals surface area contributed by atoms with E-state index < -0.39 is 6.29 Å². The van der Waals surface area contributed by atoms with E-state index >= 15 is 0 Å². The van der Waals surface area contributed by atoms with E-state index in [2.05, 4.69) is 19.2 Å². The summed E-state index contributed by atoms with van der Waals surface area (Å²) in [4.78, 5) is 11.8. The third-order valence-corrected chi connectivity index (χ3v) is 4.08. The number of esters is 1. The van der Waals surface area contributed by atoms with E-state index in [-0.39, 0.29) is 17.5 Å². The summed E-state index contributed by atoms with van der Waals surface area (Å²) < 4.78 is 11.4. The predicted octanol–water partition coefficient (Wildman–Crippen LogP) is 2.26. The molecule has 0 amide bonds. The summed E-state index contributed by atoms with van der Waals surface area (Å²) in [6.45, 7) is 6.19. The first-order chi connectivity index (χ1) is 9.08. The lowest BCUT2D eigenvalue weighted by molar-refractivity contribution is -0.171. The molecule has 1 aromatic carbocycles. The van der Waals surface area contributed by atoms with Gasteiger partial charge >= 0.3 is 5.97 Å². The normalized spacial score (nSPS) is 28.8. The van der Waals surface area contributed by atoms with Crippen molar-refractivity contribution in [3.05, 3.63) is 35.4 Å². The number of rotatable bonds is 2. The van der Waals surface area contributed by atoms with Gasteiger partial charge in [0.1, 0.15) is 0 Å². The molecule has 1 fully saturated rings. The number of benzene rings is 1. The molecule has 0 aliphatic carbocycles. The summed E-state index contributed by atoms with van der Waals surface area (Å²) in [5.74, 6) is -0.290. The van der Waals surface area contributed by atoms with Crippen molar-refractivity contribution in [2.24, 2.45) is 5.41 Å². The topological polar surface area (TPSA) is 47.6 Å². The van der Waals surface area contributed by atoms with Gasteiger partial charge in [0, 0.05) is 12.1 Å². The van der Waals surface area contributed by atoms with Crippen molar-refractivity contribution in [1.82, 2.24) is 5.32 Å². The fourth-order valence-corrected chi connectivity index (χ4v) is 2.68. The molecule has 0 saturated carbocycles. The number of nitrogens with one attached hydrogen (secondary N) is 1. The summed E-state index contributed by atoms with van der Waals surface area (Å²) in [6.07, 6.45) is 0.540. The number of carbonyl (C=O) groups excluding carboxylic acids is 1. The van der Waals surface area contributed by atoms with Crippen LogP contribution in [0.5, 0.6) is 0 Å². The number of ether oxygens (including phenoxy) is 2. The fraction of sp³-hybridized carbons (Fsp3) is 0.533. The van der Waals surface area contributed by atoms with E-state index in [1.165, 1.54) is 0 Å². The molecule has 0 radical (unpaired) electrons. The average molecular weight is 261 g/mol. The van der Waals surface area contributed by atoms with Crippen molar-refractivity contribution >= 4 is 5.97 Å². The minimum atomic E-state index is -0.562. The van der Waals surface area contributed by atoms with Crippen LogP contribution in [0, 0.1) is 5.41 Å².